The van der Waals surface area contributed by atoms with Crippen LogP contribution >= 0.6 is 0 Å². The average molecular weight is 349 g/mol. The molecule has 0 radical (unpaired) electrons. The van der Waals surface area contributed by atoms with Gasteiger partial charge in [-0.25, -0.2) is 4.68 Å². The number of benzene rings is 2. The van der Waals surface area contributed by atoms with Gasteiger partial charge in [0.2, 0.25) is 5.91 Å². The SMILES string of the molecule is O=C(Cn1nnc2ccccc21)N1CCN(CCc2ccccc2)CC1. The van der Waals surface area contributed by atoms with Gasteiger partial charge in [-0.15, -0.1) is 5.10 Å². The summed E-state index contributed by atoms with van der Waals surface area (Å²) in [5.41, 5.74) is 3.09. The van der Waals surface area contributed by atoms with E-state index in [1.807, 2.05) is 35.2 Å². The monoisotopic (exact) mass is 349 g/mol. The number of aromatic nitrogens is 3. The number of piperazine rings is 1. The van der Waals surface area contributed by atoms with Crippen LogP contribution in [0.1, 0.15) is 5.56 Å². The molecular formula is C20H23N5O. The molecular weight excluding hydrogens is 326 g/mol. The fourth-order valence-electron chi connectivity index (χ4n) is 3.42. The quantitative estimate of drug-likeness (QED) is 0.705. The second-order valence-electron chi connectivity index (χ2n) is 6.69. The molecule has 134 valence electrons. The maximum atomic E-state index is 12.6. The van der Waals surface area contributed by atoms with Gasteiger partial charge in [0.05, 0.1) is 5.52 Å². The zero-order valence-electron chi connectivity index (χ0n) is 14.8. The van der Waals surface area contributed by atoms with Crippen LogP contribution in [0.25, 0.3) is 11.0 Å². The molecule has 0 spiro atoms. The maximum absolute atomic E-state index is 12.6. The van der Waals surface area contributed by atoms with Crippen molar-refractivity contribution in [1.29, 1.82) is 0 Å². The Morgan fingerprint density at radius 2 is 1.65 bits per heavy atom. The number of carbonyl (C=O) groups is 1. The highest BCUT2D eigenvalue weighted by Gasteiger charge is 2.21. The first-order valence-corrected chi connectivity index (χ1v) is 9.12. The Morgan fingerprint density at radius 1 is 0.923 bits per heavy atom. The molecule has 1 aromatic heterocycles. The molecule has 1 fully saturated rings. The molecule has 0 bridgehead atoms. The molecule has 26 heavy (non-hydrogen) atoms. The summed E-state index contributed by atoms with van der Waals surface area (Å²) < 4.78 is 1.69. The normalized spacial score (nSPS) is 15.5. The number of amides is 1. The molecule has 0 saturated carbocycles. The van der Waals surface area contributed by atoms with Crippen molar-refractivity contribution in [1.82, 2.24) is 24.8 Å². The van der Waals surface area contributed by atoms with E-state index in [1.165, 1.54) is 5.56 Å². The van der Waals surface area contributed by atoms with E-state index >= 15 is 0 Å². The van der Waals surface area contributed by atoms with Crippen LogP contribution in [-0.2, 0) is 17.8 Å². The van der Waals surface area contributed by atoms with Gasteiger partial charge in [0, 0.05) is 32.7 Å². The van der Waals surface area contributed by atoms with Crippen molar-refractivity contribution in [2.75, 3.05) is 32.7 Å². The lowest BCUT2D eigenvalue weighted by Crippen LogP contribution is -2.49. The molecule has 1 aliphatic heterocycles. The lowest BCUT2D eigenvalue weighted by Gasteiger charge is -2.34. The fourth-order valence-corrected chi connectivity index (χ4v) is 3.42. The zero-order valence-corrected chi connectivity index (χ0v) is 14.8. The van der Waals surface area contributed by atoms with Crippen LogP contribution in [0.2, 0.25) is 0 Å². The van der Waals surface area contributed by atoms with E-state index in [1.54, 1.807) is 4.68 Å². The van der Waals surface area contributed by atoms with E-state index in [0.717, 1.165) is 50.2 Å². The summed E-state index contributed by atoms with van der Waals surface area (Å²) in [6, 6.07) is 18.3. The van der Waals surface area contributed by atoms with Crippen molar-refractivity contribution < 1.29 is 4.79 Å². The summed E-state index contributed by atoms with van der Waals surface area (Å²) in [5.74, 6) is 0.114. The molecule has 4 rings (SSSR count). The lowest BCUT2D eigenvalue weighted by atomic mass is 10.1. The third-order valence-electron chi connectivity index (χ3n) is 4.99. The molecule has 2 heterocycles. The van der Waals surface area contributed by atoms with Gasteiger partial charge in [-0.3, -0.25) is 9.69 Å². The molecule has 6 heteroatoms. The number of hydrogen-bond acceptors (Lipinski definition) is 4. The Hall–Kier alpha value is -2.73. The van der Waals surface area contributed by atoms with Gasteiger partial charge >= 0.3 is 0 Å². The topological polar surface area (TPSA) is 54.3 Å². The van der Waals surface area contributed by atoms with Gasteiger partial charge in [0.1, 0.15) is 12.1 Å². The number of nitrogens with zero attached hydrogens (tertiary/aromatic N) is 5. The number of carbonyl (C=O) groups excluding carboxylic acids is 1. The van der Waals surface area contributed by atoms with Gasteiger partial charge < -0.3 is 4.90 Å². The zero-order chi connectivity index (χ0) is 17.8. The van der Waals surface area contributed by atoms with Gasteiger partial charge in [0.15, 0.2) is 0 Å². The van der Waals surface area contributed by atoms with E-state index < -0.39 is 0 Å². The van der Waals surface area contributed by atoms with Gasteiger partial charge in [-0.2, -0.15) is 0 Å². The van der Waals surface area contributed by atoms with Crippen LogP contribution in [0.5, 0.6) is 0 Å². The van der Waals surface area contributed by atoms with Crippen molar-refractivity contribution in [2.45, 2.75) is 13.0 Å². The van der Waals surface area contributed by atoms with Gasteiger partial charge in [-0.1, -0.05) is 47.7 Å². The minimum atomic E-state index is 0.114. The first kappa shape index (κ1) is 16.7. The standard InChI is InChI=1S/C20H23N5O/c26-20(16-25-19-9-5-4-8-18(19)21-22-25)24-14-12-23(13-15-24)11-10-17-6-2-1-3-7-17/h1-9H,10-16H2. The van der Waals surface area contributed by atoms with Gasteiger partial charge in [0.25, 0.3) is 0 Å². The summed E-state index contributed by atoms with van der Waals surface area (Å²) in [6.45, 7) is 4.71. The molecule has 1 aliphatic rings. The highest BCUT2D eigenvalue weighted by Crippen LogP contribution is 2.11. The summed E-state index contributed by atoms with van der Waals surface area (Å²) >= 11 is 0. The third kappa shape index (κ3) is 3.75. The highest BCUT2D eigenvalue weighted by molar-refractivity contribution is 5.79. The number of para-hydroxylation sites is 1. The van der Waals surface area contributed by atoms with Gasteiger partial charge in [-0.05, 0) is 24.1 Å². The van der Waals surface area contributed by atoms with Crippen LogP contribution in [0.15, 0.2) is 54.6 Å². The van der Waals surface area contributed by atoms with E-state index in [0.29, 0.717) is 0 Å². The van der Waals surface area contributed by atoms with Crippen molar-refractivity contribution in [3.63, 3.8) is 0 Å². The third-order valence-corrected chi connectivity index (χ3v) is 4.99. The van der Waals surface area contributed by atoms with Crippen molar-refractivity contribution in [3.8, 4) is 0 Å². The summed E-state index contributed by atoms with van der Waals surface area (Å²) in [4.78, 5) is 17.0. The molecule has 0 N–H and O–H groups in total. The van der Waals surface area contributed by atoms with Crippen LogP contribution < -0.4 is 0 Å². The smallest absolute Gasteiger partial charge is 0.244 e. The van der Waals surface area contributed by atoms with E-state index in [9.17, 15) is 4.79 Å². The van der Waals surface area contributed by atoms with Crippen molar-refractivity contribution in [2.24, 2.45) is 0 Å². The molecule has 1 saturated heterocycles. The van der Waals surface area contributed by atoms with E-state index in [-0.39, 0.29) is 12.5 Å². The summed E-state index contributed by atoms with van der Waals surface area (Å²) in [7, 11) is 0. The second kappa shape index (κ2) is 7.66. The Balaban J connectivity index is 1.28. The number of rotatable bonds is 5. The largest absolute Gasteiger partial charge is 0.339 e. The Morgan fingerprint density at radius 3 is 2.46 bits per heavy atom. The maximum Gasteiger partial charge on any atom is 0.244 e. The summed E-state index contributed by atoms with van der Waals surface area (Å²) in [5, 5.41) is 8.23. The number of fused-ring (bicyclic) bond motifs is 1. The molecule has 0 atom stereocenters. The molecule has 2 aromatic carbocycles. The van der Waals surface area contributed by atoms with Crippen LogP contribution in [0, 0.1) is 0 Å². The Bertz CT molecular complexity index is 868. The van der Waals surface area contributed by atoms with E-state index in [4.69, 9.17) is 0 Å². The Kier molecular flexibility index (Phi) is 4.93. The molecule has 1 amide bonds. The van der Waals surface area contributed by atoms with Crippen LogP contribution in [0.4, 0.5) is 0 Å². The fraction of sp³-hybridized carbons (Fsp3) is 0.350. The predicted molar refractivity (Wildman–Crippen MR) is 101 cm³/mol. The lowest BCUT2D eigenvalue weighted by molar-refractivity contribution is -0.133. The number of hydrogen-bond donors (Lipinski definition) is 0. The minimum Gasteiger partial charge on any atom is -0.339 e. The predicted octanol–water partition coefficient (Wildman–Crippen LogP) is 1.82. The molecule has 6 nitrogen and oxygen atoms in total. The van der Waals surface area contributed by atoms with E-state index in [2.05, 4.69) is 39.5 Å². The second-order valence-corrected chi connectivity index (χ2v) is 6.69. The van der Waals surface area contributed by atoms with Crippen molar-refractivity contribution in [3.05, 3.63) is 60.2 Å². The van der Waals surface area contributed by atoms with Crippen molar-refractivity contribution >= 4 is 16.9 Å². The highest BCUT2D eigenvalue weighted by atomic mass is 16.2. The molecule has 0 unspecified atom stereocenters. The van der Waals surface area contributed by atoms with Crippen LogP contribution in [-0.4, -0.2) is 63.4 Å². The first-order valence-electron chi connectivity index (χ1n) is 9.12. The Labute approximate surface area is 153 Å². The minimum absolute atomic E-state index is 0.114. The molecule has 3 aromatic rings. The summed E-state index contributed by atoms with van der Waals surface area (Å²) in [6.07, 6.45) is 1.06. The average Bonchev–Trinajstić information content (AvgIpc) is 3.10. The molecule has 0 aliphatic carbocycles. The first-order chi connectivity index (χ1) is 12.8. The van der Waals surface area contributed by atoms with Crippen LogP contribution in [0.3, 0.4) is 0 Å².